The van der Waals surface area contributed by atoms with Crippen LogP contribution in [0.25, 0.3) is 0 Å². The van der Waals surface area contributed by atoms with Gasteiger partial charge >= 0.3 is 0 Å². The highest BCUT2D eigenvalue weighted by atomic mass is 16.2. The van der Waals surface area contributed by atoms with E-state index < -0.39 is 0 Å². The predicted octanol–water partition coefficient (Wildman–Crippen LogP) is 2.27. The molecule has 0 radical (unpaired) electrons. The number of nitrogens with zero attached hydrogens (tertiary/aromatic N) is 4. The molecule has 0 bridgehead atoms. The summed E-state index contributed by atoms with van der Waals surface area (Å²) in [5, 5.41) is 4.51. The van der Waals surface area contributed by atoms with Crippen molar-refractivity contribution in [2.45, 2.75) is 27.3 Å². The average molecular weight is 326 g/mol. The van der Waals surface area contributed by atoms with E-state index in [0.717, 1.165) is 56.1 Å². The largest absolute Gasteiger partial charge is 0.336 e. The lowest BCUT2D eigenvalue weighted by Crippen LogP contribution is -2.49. The zero-order valence-corrected chi connectivity index (χ0v) is 14.8. The molecule has 1 saturated heterocycles. The first kappa shape index (κ1) is 16.7. The molecule has 1 aliphatic rings. The van der Waals surface area contributed by atoms with E-state index in [9.17, 15) is 4.79 Å². The van der Waals surface area contributed by atoms with Gasteiger partial charge in [0.2, 0.25) is 0 Å². The second-order valence-electron chi connectivity index (χ2n) is 6.60. The SMILES string of the molecule is Cc1cc(C)n(CCN2CCN(C(=O)c3ccccc3C)CC2)n1. The number of benzene rings is 1. The van der Waals surface area contributed by atoms with Crippen molar-refractivity contribution in [1.82, 2.24) is 19.6 Å². The van der Waals surface area contributed by atoms with Crippen LogP contribution in [0.5, 0.6) is 0 Å². The molecule has 0 spiro atoms. The van der Waals surface area contributed by atoms with Crippen molar-refractivity contribution in [3.05, 3.63) is 52.8 Å². The second-order valence-corrected chi connectivity index (χ2v) is 6.60. The van der Waals surface area contributed by atoms with Crippen LogP contribution in [0.2, 0.25) is 0 Å². The third-order valence-electron chi connectivity index (χ3n) is 4.77. The van der Waals surface area contributed by atoms with Gasteiger partial charge in [0.15, 0.2) is 0 Å². The monoisotopic (exact) mass is 326 g/mol. The fourth-order valence-electron chi connectivity index (χ4n) is 3.30. The zero-order chi connectivity index (χ0) is 17.1. The second kappa shape index (κ2) is 7.18. The van der Waals surface area contributed by atoms with Gasteiger partial charge in [-0.15, -0.1) is 0 Å². The molecular weight excluding hydrogens is 300 g/mol. The Hall–Kier alpha value is -2.14. The van der Waals surface area contributed by atoms with Gasteiger partial charge in [0.1, 0.15) is 0 Å². The van der Waals surface area contributed by atoms with E-state index >= 15 is 0 Å². The van der Waals surface area contributed by atoms with Crippen molar-refractivity contribution < 1.29 is 4.79 Å². The summed E-state index contributed by atoms with van der Waals surface area (Å²) in [7, 11) is 0. The van der Waals surface area contributed by atoms with E-state index in [0.29, 0.717) is 0 Å². The molecule has 24 heavy (non-hydrogen) atoms. The topological polar surface area (TPSA) is 41.4 Å². The van der Waals surface area contributed by atoms with E-state index in [-0.39, 0.29) is 5.91 Å². The standard InChI is InChI=1S/C19H26N4O/c1-15-6-4-5-7-18(15)19(24)22-11-8-21(9-12-22)10-13-23-17(3)14-16(2)20-23/h4-7,14H,8-13H2,1-3H3. The molecule has 1 aliphatic heterocycles. The van der Waals surface area contributed by atoms with Crippen LogP contribution in [0.1, 0.15) is 27.3 Å². The fourth-order valence-corrected chi connectivity index (χ4v) is 3.30. The maximum atomic E-state index is 12.6. The van der Waals surface area contributed by atoms with E-state index in [4.69, 9.17) is 0 Å². The molecule has 0 unspecified atom stereocenters. The van der Waals surface area contributed by atoms with Gasteiger partial charge in [-0.3, -0.25) is 14.4 Å². The Kier molecular flexibility index (Phi) is 5.00. The van der Waals surface area contributed by atoms with Gasteiger partial charge < -0.3 is 4.90 Å². The van der Waals surface area contributed by atoms with Gasteiger partial charge in [0.25, 0.3) is 5.91 Å². The number of hydrogen-bond acceptors (Lipinski definition) is 3. The normalized spacial score (nSPS) is 15.7. The van der Waals surface area contributed by atoms with Crippen molar-refractivity contribution in [2.24, 2.45) is 0 Å². The lowest BCUT2D eigenvalue weighted by Gasteiger charge is -2.35. The van der Waals surface area contributed by atoms with E-state index in [1.54, 1.807) is 0 Å². The molecule has 0 aliphatic carbocycles. The van der Waals surface area contributed by atoms with Crippen LogP contribution in [-0.4, -0.2) is 58.2 Å². The van der Waals surface area contributed by atoms with Gasteiger partial charge in [-0.2, -0.15) is 5.10 Å². The molecule has 0 atom stereocenters. The third-order valence-corrected chi connectivity index (χ3v) is 4.77. The van der Waals surface area contributed by atoms with E-state index in [1.807, 2.05) is 43.0 Å². The van der Waals surface area contributed by atoms with Crippen molar-refractivity contribution in [2.75, 3.05) is 32.7 Å². The highest BCUT2D eigenvalue weighted by Crippen LogP contribution is 2.13. The molecule has 1 fully saturated rings. The van der Waals surface area contributed by atoms with Crippen LogP contribution < -0.4 is 0 Å². The molecule has 1 amide bonds. The van der Waals surface area contributed by atoms with E-state index in [2.05, 4.69) is 27.7 Å². The van der Waals surface area contributed by atoms with Crippen LogP contribution >= 0.6 is 0 Å². The first-order chi connectivity index (χ1) is 11.5. The van der Waals surface area contributed by atoms with Gasteiger partial charge in [-0.05, 0) is 38.5 Å². The van der Waals surface area contributed by atoms with E-state index in [1.165, 1.54) is 5.69 Å². The number of carbonyl (C=O) groups excluding carboxylic acids is 1. The Morgan fingerprint density at radius 2 is 1.75 bits per heavy atom. The minimum atomic E-state index is 0.159. The molecule has 2 aromatic rings. The van der Waals surface area contributed by atoms with Crippen LogP contribution in [0.15, 0.2) is 30.3 Å². The molecule has 5 nitrogen and oxygen atoms in total. The lowest BCUT2D eigenvalue weighted by molar-refractivity contribution is 0.0631. The quantitative estimate of drug-likeness (QED) is 0.865. The summed E-state index contributed by atoms with van der Waals surface area (Å²) in [6.07, 6.45) is 0. The molecule has 5 heteroatoms. The Bertz CT molecular complexity index is 714. The minimum Gasteiger partial charge on any atom is -0.336 e. The van der Waals surface area contributed by atoms with Gasteiger partial charge in [0, 0.05) is 44.0 Å². The molecule has 128 valence electrons. The number of rotatable bonds is 4. The molecule has 2 heterocycles. The molecule has 0 saturated carbocycles. The van der Waals surface area contributed by atoms with Gasteiger partial charge in [0.05, 0.1) is 12.2 Å². The molecule has 1 aromatic heterocycles. The Labute approximate surface area is 143 Å². The summed E-state index contributed by atoms with van der Waals surface area (Å²) in [5.41, 5.74) is 4.16. The molecule has 3 rings (SSSR count). The van der Waals surface area contributed by atoms with Gasteiger partial charge in [-0.1, -0.05) is 18.2 Å². The van der Waals surface area contributed by atoms with Crippen molar-refractivity contribution in [3.8, 4) is 0 Å². The summed E-state index contributed by atoms with van der Waals surface area (Å²) in [5.74, 6) is 0.159. The van der Waals surface area contributed by atoms with Crippen molar-refractivity contribution in [1.29, 1.82) is 0 Å². The number of amides is 1. The third kappa shape index (κ3) is 3.67. The maximum Gasteiger partial charge on any atom is 0.254 e. The number of aryl methyl sites for hydroxylation is 3. The lowest BCUT2D eigenvalue weighted by atomic mass is 10.1. The highest BCUT2D eigenvalue weighted by Gasteiger charge is 2.22. The van der Waals surface area contributed by atoms with Crippen LogP contribution in [0, 0.1) is 20.8 Å². The predicted molar refractivity (Wildman–Crippen MR) is 95.2 cm³/mol. The van der Waals surface area contributed by atoms with Crippen molar-refractivity contribution >= 4 is 5.91 Å². The summed E-state index contributed by atoms with van der Waals surface area (Å²) in [6.45, 7) is 11.5. The molecule has 1 aromatic carbocycles. The summed E-state index contributed by atoms with van der Waals surface area (Å²) in [6, 6.07) is 9.94. The maximum absolute atomic E-state index is 12.6. The molecule has 0 N–H and O–H groups in total. The Morgan fingerprint density at radius 1 is 1.04 bits per heavy atom. The van der Waals surface area contributed by atoms with Crippen molar-refractivity contribution in [3.63, 3.8) is 0 Å². The average Bonchev–Trinajstić information content (AvgIpc) is 2.91. The highest BCUT2D eigenvalue weighted by molar-refractivity contribution is 5.95. The van der Waals surface area contributed by atoms with Crippen LogP contribution in [-0.2, 0) is 6.54 Å². The fraction of sp³-hybridized carbons (Fsp3) is 0.474. The number of carbonyl (C=O) groups is 1. The zero-order valence-electron chi connectivity index (χ0n) is 14.8. The summed E-state index contributed by atoms with van der Waals surface area (Å²) < 4.78 is 2.07. The summed E-state index contributed by atoms with van der Waals surface area (Å²) in [4.78, 5) is 17.0. The first-order valence-corrected chi connectivity index (χ1v) is 8.63. The van der Waals surface area contributed by atoms with Crippen LogP contribution in [0.3, 0.4) is 0 Å². The number of piperazine rings is 1. The van der Waals surface area contributed by atoms with Gasteiger partial charge in [-0.25, -0.2) is 0 Å². The van der Waals surface area contributed by atoms with Crippen LogP contribution in [0.4, 0.5) is 0 Å². The number of aromatic nitrogens is 2. The number of hydrogen-bond donors (Lipinski definition) is 0. The molecular formula is C19H26N4O. The summed E-state index contributed by atoms with van der Waals surface area (Å²) >= 11 is 0. The minimum absolute atomic E-state index is 0.159. The Balaban J connectivity index is 1.51. The Morgan fingerprint density at radius 3 is 2.38 bits per heavy atom. The smallest absolute Gasteiger partial charge is 0.254 e. The first-order valence-electron chi connectivity index (χ1n) is 8.63.